The third-order valence-corrected chi connectivity index (χ3v) is 3.42. The van der Waals surface area contributed by atoms with E-state index in [4.69, 9.17) is 22.4 Å². The van der Waals surface area contributed by atoms with Gasteiger partial charge in [-0.2, -0.15) is 0 Å². The third kappa shape index (κ3) is 6.80. The minimum Gasteiger partial charge on any atom is -0.397 e. The summed E-state index contributed by atoms with van der Waals surface area (Å²) in [5.74, 6) is -0.108. The number of benzene rings is 1. The molecule has 1 rings (SSSR count). The number of hydrogen-bond acceptors (Lipinski definition) is 4. The van der Waals surface area contributed by atoms with Crippen LogP contribution in [0.25, 0.3) is 0 Å². The number of rotatable bonds is 9. The van der Waals surface area contributed by atoms with Crippen molar-refractivity contribution in [1.82, 2.24) is 4.90 Å². The molecule has 0 aromatic heterocycles. The van der Waals surface area contributed by atoms with Crippen LogP contribution in [0.4, 0.5) is 11.4 Å². The van der Waals surface area contributed by atoms with Crippen LogP contribution in [0, 0.1) is 0 Å². The van der Waals surface area contributed by atoms with Crippen molar-refractivity contribution in [3.63, 3.8) is 0 Å². The summed E-state index contributed by atoms with van der Waals surface area (Å²) in [7, 11) is 0. The molecule has 0 aliphatic heterocycles. The van der Waals surface area contributed by atoms with Crippen molar-refractivity contribution in [2.45, 2.75) is 26.2 Å². The molecule has 0 spiro atoms. The number of nitrogen functional groups attached to an aromatic ring is 1. The third-order valence-electron chi connectivity index (χ3n) is 3.19. The highest BCUT2D eigenvalue weighted by atomic mass is 35.5. The Balaban J connectivity index is 2.46. The molecule has 0 saturated heterocycles. The quantitative estimate of drug-likeness (QED) is 0.611. The standard InChI is InChI=1S/C15H24ClN3O2/c1-2-3-7-19(9-10-20)8-6-15(21)18-14-11-12(16)4-5-13(14)17/h4-5,11,20H,2-3,6-10,17H2,1H3,(H,18,21). The molecule has 0 aliphatic rings. The van der Waals surface area contributed by atoms with Crippen molar-refractivity contribution in [1.29, 1.82) is 0 Å². The monoisotopic (exact) mass is 313 g/mol. The second-order valence-electron chi connectivity index (χ2n) is 4.95. The number of nitrogens with zero attached hydrogens (tertiary/aromatic N) is 1. The molecular weight excluding hydrogens is 290 g/mol. The van der Waals surface area contributed by atoms with Gasteiger partial charge in [-0.05, 0) is 31.2 Å². The predicted octanol–water partition coefficient (Wildman–Crippen LogP) is 2.35. The van der Waals surface area contributed by atoms with Gasteiger partial charge in [0.15, 0.2) is 0 Å². The lowest BCUT2D eigenvalue weighted by Gasteiger charge is -2.20. The Bertz CT molecular complexity index is 455. The molecule has 1 aromatic carbocycles. The molecule has 6 heteroatoms. The molecule has 0 atom stereocenters. The molecule has 0 saturated carbocycles. The highest BCUT2D eigenvalue weighted by Crippen LogP contribution is 2.22. The SMILES string of the molecule is CCCCN(CCO)CCC(=O)Nc1cc(Cl)ccc1N. The summed E-state index contributed by atoms with van der Waals surface area (Å²) in [5, 5.41) is 12.3. The summed E-state index contributed by atoms with van der Waals surface area (Å²) in [6.07, 6.45) is 2.51. The van der Waals surface area contributed by atoms with Gasteiger partial charge in [0.05, 0.1) is 18.0 Å². The average Bonchev–Trinajstić information content (AvgIpc) is 2.46. The summed E-state index contributed by atoms with van der Waals surface area (Å²) in [4.78, 5) is 14.0. The van der Waals surface area contributed by atoms with E-state index in [2.05, 4.69) is 17.1 Å². The average molecular weight is 314 g/mol. The van der Waals surface area contributed by atoms with Crippen molar-refractivity contribution < 1.29 is 9.90 Å². The van der Waals surface area contributed by atoms with Crippen molar-refractivity contribution in [3.05, 3.63) is 23.2 Å². The van der Waals surface area contributed by atoms with Gasteiger partial charge in [-0.25, -0.2) is 0 Å². The maximum Gasteiger partial charge on any atom is 0.225 e. The molecule has 21 heavy (non-hydrogen) atoms. The van der Waals surface area contributed by atoms with Gasteiger partial charge in [0.25, 0.3) is 0 Å². The van der Waals surface area contributed by atoms with Crippen LogP contribution in [-0.2, 0) is 4.79 Å². The van der Waals surface area contributed by atoms with E-state index >= 15 is 0 Å². The van der Waals surface area contributed by atoms with Gasteiger partial charge in [-0.3, -0.25) is 4.79 Å². The molecule has 0 fully saturated rings. The van der Waals surface area contributed by atoms with E-state index in [0.717, 1.165) is 19.4 Å². The topological polar surface area (TPSA) is 78.6 Å². The predicted molar refractivity (Wildman–Crippen MR) is 87.5 cm³/mol. The highest BCUT2D eigenvalue weighted by Gasteiger charge is 2.09. The first-order chi connectivity index (χ1) is 10.1. The molecule has 0 heterocycles. The Kier molecular flexibility index (Phi) is 8.12. The van der Waals surface area contributed by atoms with Gasteiger partial charge in [-0.1, -0.05) is 24.9 Å². The fraction of sp³-hybridized carbons (Fsp3) is 0.533. The largest absolute Gasteiger partial charge is 0.397 e. The summed E-state index contributed by atoms with van der Waals surface area (Å²) >= 11 is 5.88. The van der Waals surface area contributed by atoms with Gasteiger partial charge in [0.1, 0.15) is 0 Å². The molecule has 0 aliphatic carbocycles. The molecule has 0 unspecified atom stereocenters. The Morgan fingerprint density at radius 1 is 1.38 bits per heavy atom. The van der Waals surface area contributed by atoms with Crippen LogP contribution in [-0.4, -0.2) is 42.2 Å². The lowest BCUT2D eigenvalue weighted by atomic mass is 10.2. The number of nitrogens with two attached hydrogens (primary N) is 1. The van der Waals surface area contributed by atoms with Crippen LogP contribution in [0.15, 0.2) is 18.2 Å². The summed E-state index contributed by atoms with van der Waals surface area (Å²) in [6, 6.07) is 4.98. The molecule has 1 aromatic rings. The van der Waals surface area contributed by atoms with Crippen LogP contribution in [0.3, 0.4) is 0 Å². The highest BCUT2D eigenvalue weighted by molar-refractivity contribution is 6.31. The lowest BCUT2D eigenvalue weighted by Crippen LogP contribution is -2.31. The van der Waals surface area contributed by atoms with E-state index < -0.39 is 0 Å². The van der Waals surface area contributed by atoms with Gasteiger partial charge >= 0.3 is 0 Å². The van der Waals surface area contributed by atoms with Gasteiger partial charge in [0, 0.05) is 24.5 Å². The number of nitrogens with one attached hydrogen (secondary N) is 1. The smallest absolute Gasteiger partial charge is 0.225 e. The number of carbonyl (C=O) groups excluding carboxylic acids is 1. The minimum atomic E-state index is -0.108. The number of anilines is 2. The first-order valence-electron chi connectivity index (χ1n) is 7.25. The van der Waals surface area contributed by atoms with E-state index in [1.165, 1.54) is 0 Å². The van der Waals surface area contributed by atoms with Gasteiger partial charge in [-0.15, -0.1) is 0 Å². The zero-order valence-corrected chi connectivity index (χ0v) is 13.2. The number of aliphatic hydroxyl groups excluding tert-OH is 1. The Morgan fingerprint density at radius 3 is 2.81 bits per heavy atom. The zero-order chi connectivity index (χ0) is 15.7. The van der Waals surface area contributed by atoms with Crippen molar-refractivity contribution >= 4 is 28.9 Å². The first-order valence-corrected chi connectivity index (χ1v) is 7.62. The molecule has 1 amide bonds. The number of aliphatic hydroxyl groups is 1. The van der Waals surface area contributed by atoms with E-state index in [0.29, 0.717) is 35.9 Å². The lowest BCUT2D eigenvalue weighted by molar-refractivity contribution is -0.116. The number of hydrogen-bond donors (Lipinski definition) is 3. The number of halogens is 1. The number of unbranched alkanes of at least 4 members (excludes halogenated alkanes) is 1. The zero-order valence-electron chi connectivity index (χ0n) is 12.4. The second-order valence-corrected chi connectivity index (χ2v) is 5.38. The fourth-order valence-electron chi connectivity index (χ4n) is 1.97. The maximum atomic E-state index is 12.0. The molecular formula is C15H24ClN3O2. The Labute approximate surface area is 131 Å². The molecule has 4 N–H and O–H groups in total. The molecule has 0 bridgehead atoms. The fourth-order valence-corrected chi connectivity index (χ4v) is 2.14. The summed E-state index contributed by atoms with van der Waals surface area (Å²) < 4.78 is 0. The van der Waals surface area contributed by atoms with Crippen molar-refractivity contribution in [3.8, 4) is 0 Å². The number of amides is 1. The molecule has 118 valence electrons. The normalized spacial score (nSPS) is 10.9. The van der Waals surface area contributed by atoms with Gasteiger partial charge < -0.3 is 21.1 Å². The summed E-state index contributed by atoms with van der Waals surface area (Å²) in [6.45, 7) is 4.32. The van der Waals surface area contributed by atoms with Crippen LogP contribution in [0.2, 0.25) is 5.02 Å². The summed E-state index contributed by atoms with van der Waals surface area (Å²) in [5.41, 5.74) is 6.82. The first kappa shape index (κ1) is 17.8. The minimum absolute atomic E-state index is 0.104. The van der Waals surface area contributed by atoms with Crippen LogP contribution in [0.5, 0.6) is 0 Å². The number of carbonyl (C=O) groups is 1. The van der Waals surface area contributed by atoms with Crippen LogP contribution >= 0.6 is 11.6 Å². The van der Waals surface area contributed by atoms with Gasteiger partial charge in [0.2, 0.25) is 5.91 Å². The Hall–Kier alpha value is -1.30. The van der Waals surface area contributed by atoms with Crippen molar-refractivity contribution in [2.24, 2.45) is 0 Å². The van der Waals surface area contributed by atoms with Crippen LogP contribution in [0.1, 0.15) is 26.2 Å². The van der Waals surface area contributed by atoms with E-state index in [-0.39, 0.29) is 12.5 Å². The second kappa shape index (κ2) is 9.60. The Morgan fingerprint density at radius 2 is 2.14 bits per heavy atom. The molecule has 0 radical (unpaired) electrons. The molecule has 5 nitrogen and oxygen atoms in total. The maximum absolute atomic E-state index is 12.0. The van der Waals surface area contributed by atoms with Crippen LogP contribution < -0.4 is 11.1 Å². The van der Waals surface area contributed by atoms with Crippen molar-refractivity contribution in [2.75, 3.05) is 37.3 Å². The van der Waals surface area contributed by atoms with E-state index in [1.807, 2.05) is 0 Å². The van der Waals surface area contributed by atoms with E-state index in [9.17, 15) is 4.79 Å². The van der Waals surface area contributed by atoms with E-state index in [1.54, 1.807) is 18.2 Å².